The standard InChI is InChI=1S/C17H29N3O/c1-3-8-19-9-11-20(12-10-19)13-14-21-17-7-5-4-6-16(17)15-18-2/h4-7,18H,3,8-15H2,1-2H3. The number of ether oxygens (including phenoxy) is 1. The highest BCUT2D eigenvalue weighted by Crippen LogP contribution is 2.17. The van der Waals surface area contributed by atoms with Gasteiger partial charge in [0.15, 0.2) is 0 Å². The molecule has 1 N–H and O–H groups in total. The van der Waals surface area contributed by atoms with Crippen LogP contribution in [0.3, 0.4) is 0 Å². The molecule has 118 valence electrons. The van der Waals surface area contributed by atoms with Gasteiger partial charge in [-0.1, -0.05) is 25.1 Å². The van der Waals surface area contributed by atoms with E-state index in [0.29, 0.717) is 0 Å². The Bertz CT molecular complexity index is 403. The van der Waals surface area contributed by atoms with Crippen LogP contribution < -0.4 is 10.1 Å². The van der Waals surface area contributed by atoms with Crippen molar-refractivity contribution in [2.45, 2.75) is 19.9 Å². The number of benzene rings is 1. The molecule has 0 aliphatic carbocycles. The minimum absolute atomic E-state index is 0.772. The van der Waals surface area contributed by atoms with Gasteiger partial charge in [-0.3, -0.25) is 4.90 Å². The molecule has 0 atom stereocenters. The van der Waals surface area contributed by atoms with Gasteiger partial charge in [-0.25, -0.2) is 0 Å². The molecule has 4 nitrogen and oxygen atoms in total. The molecule has 1 aromatic carbocycles. The van der Waals surface area contributed by atoms with Gasteiger partial charge in [-0.15, -0.1) is 0 Å². The van der Waals surface area contributed by atoms with Crippen LogP contribution in [0.15, 0.2) is 24.3 Å². The Kier molecular flexibility index (Phi) is 7.00. The summed E-state index contributed by atoms with van der Waals surface area (Å²) in [5, 5.41) is 3.19. The maximum atomic E-state index is 5.97. The summed E-state index contributed by atoms with van der Waals surface area (Å²) in [5.74, 6) is 1.01. The first-order valence-corrected chi connectivity index (χ1v) is 8.13. The highest BCUT2D eigenvalue weighted by Gasteiger charge is 2.15. The zero-order chi connectivity index (χ0) is 14.9. The van der Waals surface area contributed by atoms with Crippen LogP contribution in [0.5, 0.6) is 5.75 Å². The van der Waals surface area contributed by atoms with E-state index in [4.69, 9.17) is 4.74 Å². The average Bonchev–Trinajstić information content (AvgIpc) is 2.51. The Morgan fingerprint density at radius 2 is 1.71 bits per heavy atom. The molecule has 1 aliphatic heterocycles. The van der Waals surface area contributed by atoms with Crippen LogP contribution in [-0.2, 0) is 6.54 Å². The van der Waals surface area contributed by atoms with Crippen molar-refractivity contribution in [3.8, 4) is 5.75 Å². The predicted molar refractivity (Wildman–Crippen MR) is 87.9 cm³/mol. The first-order chi connectivity index (χ1) is 10.3. The molecule has 4 heteroatoms. The fourth-order valence-corrected chi connectivity index (χ4v) is 2.82. The lowest BCUT2D eigenvalue weighted by atomic mass is 10.2. The zero-order valence-electron chi connectivity index (χ0n) is 13.5. The van der Waals surface area contributed by atoms with Crippen LogP contribution in [0.2, 0.25) is 0 Å². The van der Waals surface area contributed by atoms with Gasteiger partial charge < -0.3 is 15.0 Å². The summed E-state index contributed by atoms with van der Waals surface area (Å²) >= 11 is 0. The molecule has 0 radical (unpaired) electrons. The minimum Gasteiger partial charge on any atom is -0.492 e. The quantitative estimate of drug-likeness (QED) is 0.790. The lowest BCUT2D eigenvalue weighted by molar-refractivity contribution is 0.117. The molecule has 21 heavy (non-hydrogen) atoms. The molecular weight excluding hydrogens is 262 g/mol. The lowest BCUT2D eigenvalue weighted by Crippen LogP contribution is -2.47. The van der Waals surface area contributed by atoms with E-state index in [-0.39, 0.29) is 0 Å². The van der Waals surface area contributed by atoms with E-state index in [0.717, 1.165) is 25.4 Å². The van der Waals surface area contributed by atoms with Gasteiger partial charge in [0, 0.05) is 44.8 Å². The minimum atomic E-state index is 0.772. The topological polar surface area (TPSA) is 27.7 Å². The predicted octanol–water partition coefficient (Wildman–Crippen LogP) is 1.81. The summed E-state index contributed by atoms with van der Waals surface area (Å²) in [6.07, 6.45) is 1.26. The average molecular weight is 291 g/mol. The van der Waals surface area contributed by atoms with Gasteiger partial charge in [0.25, 0.3) is 0 Å². The Balaban J connectivity index is 1.70. The summed E-state index contributed by atoms with van der Waals surface area (Å²) in [5.41, 5.74) is 1.23. The van der Waals surface area contributed by atoms with Gasteiger partial charge in [0.05, 0.1) is 0 Å². The third kappa shape index (κ3) is 5.30. The Morgan fingerprint density at radius 3 is 2.38 bits per heavy atom. The summed E-state index contributed by atoms with van der Waals surface area (Å²) < 4.78 is 5.97. The molecular formula is C17H29N3O. The molecule has 0 bridgehead atoms. The van der Waals surface area contributed by atoms with Crippen molar-refractivity contribution in [1.29, 1.82) is 0 Å². The second-order valence-corrected chi connectivity index (χ2v) is 5.67. The largest absolute Gasteiger partial charge is 0.492 e. The van der Waals surface area contributed by atoms with Crippen LogP contribution in [0, 0.1) is 0 Å². The maximum absolute atomic E-state index is 5.97. The van der Waals surface area contributed by atoms with Crippen molar-refractivity contribution in [2.75, 3.05) is 52.9 Å². The fraction of sp³-hybridized carbons (Fsp3) is 0.647. The number of nitrogens with zero attached hydrogens (tertiary/aromatic N) is 2. The van der Waals surface area contributed by atoms with E-state index in [1.54, 1.807) is 0 Å². The van der Waals surface area contributed by atoms with Gasteiger partial charge in [0.2, 0.25) is 0 Å². The number of hydrogen-bond acceptors (Lipinski definition) is 4. The SMILES string of the molecule is CCCN1CCN(CCOc2ccccc2CNC)CC1. The zero-order valence-corrected chi connectivity index (χ0v) is 13.5. The molecule has 0 saturated carbocycles. The van der Waals surface area contributed by atoms with Crippen molar-refractivity contribution in [3.63, 3.8) is 0 Å². The lowest BCUT2D eigenvalue weighted by Gasteiger charge is -2.34. The number of rotatable bonds is 8. The van der Waals surface area contributed by atoms with Crippen molar-refractivity contribution in [1.82, 2.24) is 15.1 Å². The van der Waals surface area contributed by atoms with Gasteiger partial charge in [0.1, 0.15) is 12.4 Å². The van der Waals surface area contributed by atoms with Crippen molar-refractivity contribution in [2.24, 2.45) is 0 Å². The summed E-state index contributed by atoms with van der Waals surface area (Å²) in [7, 11) is 1.96. The van der Waals surface area contributed by atoms with Crippen LogP contribution in [0.1, 0.15) is 18.9 Å². The molecule has 2 rings (SSSR count). The van der Waals surface area contributed by atoms with Crippen LogP contribution in [0.4, 0.5) is 0 Å². The van der Waals surface area contributed by atoms with E-state index in [2.05, 4.69) is 40.2 Å². The fourth-order valence-electron chi connectivity index (χ4n) is 2.82. The molecule has 0 aromatic heterocycles. The Labute approximate surface area is 129 Å². The summed E-state index contributed by atoms with van der Waals surface area (Å²) in [6, 6.07) is 8.28. The van der Waals surface area contributed by atoms with E-state index in [9.17, 15) is 0 Å². The van der Waals surface area contributed by atoms with E-state index in [1.807, 2.05) is 13.1 Å². The molecule has 1 fully saturated rings. The highest BCUT2D eigenvalue weighted by molar-refractivity contribution is 5.33. The Hall–Kier alpha value is -1.10. The molecule has 0 unspecified atom stereocenters. The van der Waals surface area contributed by atoms with Gasteiger partial charge in [-0.05, 0) is 26.1 Å². The molecule has 0 amide bonds. The second kappa shape index (κ2) is 9.03. The number of hydrogen-bond donors (Lipinski definition) is 1. The van der Waals surface area contributed by atoms with Gasteiger partial charge in [-0.2, -0.15) is 0 Å². The normalized spacial score (nSPS) is 17.0. The summed E-state index contributed by atoms with van der Waals surface area (Å²) in [4.78, 5) is 5.06. The smallest absolute Gasteiger partial charge is 0.123 e. The monoisotopic (exact) mass is 291 g/mol. The summed E-state index contributed by atoms with van der Waals surface area (Å²) in [6.45, 7) is 10.9. The number of nitrogens with one attached hydrogen (secondary N) is 1. The number of para-hydroxylation sites is 1. The van der Waals surface area contributed by atoms with Crippen LogP contribution in [0.25, 0.3) is 0 Å². The third-order valence-electron chi connectivity index (χ3n) is 4.01. The highest BCUT2D eigenvalue weighted by atomic mass is 16.5. The van der Waals surface area contributed by atoms with Crippen molar-refractivity contribution in [3.05, 3.63) is 29.8 Å². The Morgan fingerprint density at radius 1 is 1.05 bits per heavy atom. The van der Waals surface area contributed by atoms with E-state index in [1.165, 1.54) is 44.7 Å². The molecule has 0 spiro atoms. The first-order valence-electron chi connectivity index (χ1n) is 8.13. The molecule has 1 aromatic rings. The molecule has 1 heterocycles. The molecule has 1 aliphatic rings. The van der Waals surface area contributed by atoms with Crippen LogP contribution in [-0.4, -0.2) is 62.7 Å². The van der Waals surface area contributed by atoms with Crippen LogP contribution >= 0.6 is 0 Å². The number of piperazine rings is 1. The maximum Gasteiger partial charge on any atom is 0.123 e. The second-order valence-electron chi connectivity index (χ2n) is 5.67. The third-order valence-corrected chi connectivity index (χ3v) is 4.01. The van der Waals surface area contributed by atoms with Gasteiger partial charge >= 0.3 is 0 Å². The van der Waals surface area contributed by atoms with Crippen molar-refractivity contribution >= 4 is 0 Å². The van der Waals surface area contributed by atoms with Crippen molar-refractivity contribution < 1.29 is 4.74 Å². The van der Waals surface area contributed by atoms with E-state index < -0.39 is 0 Å². The molecule has 1 saturated heterocycles. The first kappa shape index (κ1) is 16.3. The van der Waals surface area contributed by atoms with E-state index >= 15 is 0 Å².